The molecule has 1 N–H and O–H groups in total. The Kier molecular flexibility index (Phi) is 4.38. The summed E-state index contributed by atoms with van der Waals surface area (Å²) in [4.78, 5) is 4.48. The van der Waals surface area contributed by atoms with Crippen LogP contribution in [0.15, 0.2) is 36.8 Å². The van der Waals surface area contributed by atoms with Gasteiger partial charge in [0.15, 0.2) is 0 Å². The van der Waals surface area contributed by atoms with E-state index in [2.05, 4.69) is 65.5 Å². The van der Waals surface area contributed by atoms with Crippen LogP contribution in [0.4, 0.5) is 0 Å². The summed E-state index contributed by atoms with van der Waals surface area (Å²) in [6.45, 7) is 7.21. The normalized spacial score (nSPS) is 33.4. The molecule has 130 valence electrons. The molecule has 4 atom stereocenters. The molecule has 3 nitrogen and oxygen atoms in total. The van der Waals surface area contributed by atoms with E-state index in [0.717, 1.165) is 11.8 Å². The molecule has 3 heteroatoms. The lowest BCUT2D eigenvalue weighted by Crippen LogP contribution is -2.34. The number of nitrogens with zero attached hydrogens (tertiary/aromatic N) is 2. The average molecular weight is 326 g/mol. The predicted molar refractivity (Wildman–Crippen MR) is 99.0 cm³/mol. The van der Waals surface area contributed by atoms with Crippen LogP contribution in [0.5, 0.6) is 0 Å². The SMILES string of the molecule is CCCC(CC1n2cncc2C2C=CC=CC21C)C1CCNCC1. The molecule has 1 aromatic rings. The van der Waals surface area contributed by atoms with Crippen LogP contribution in [0.2, 0.25) is 0 Å². The minimum absolute atomic E-state index is 0.214. The van der Waals surface area contributed by atoms with Gasteiger partial charge in [-0.25, -0.2) is 4.98 Å². The summed E-state index contributed by atoms with van der Waals surface area (Å²) in [5.41, 5.74) is 1.62. The minimum Gasteiger partial charge on any atom is -0.330 e. The molecule has 4 rings (SSSR count). The number of imidazole rings is 1. The maximum Gasteiger partial charge on any atom is 0.0951 e. The summed E-state index contributed by atoms with van der Waals surface area (Å²) in [6.07, 6.45) is 20.1. The van der Waals surface area contributed by atoms with Gasteiger partial charge >= 0.3 is 0 Å². The average Bonchev–Trinajstić information content (AvgIpc) is 3.16. The van der Waals surface area contributed by atoms with Crippen molar-refractivity contribution in [3.63, 3.8) is 0 Å². The molecule has 0 spiro atoms. The highest BCUT2D eigenvalue weighted by molar-refractivity contribution is 5.35. The third-order valence-corrected chi connectivity index (χ3v) is 6.84. The van der Waals surface area contributed by atoms with Gasteiger partial charge in [-0.1, -0.05) is 51.0 Å². The summed E-state index contributed by atoms with van der Waals surface area (Å²) in [5.74, 6) is 2.22. The Morgan fingerprint density at radius 2 is 2.17 bits per heavy atom. The molecule has 0 radical (unpaired) electrons. The van der Waals surface area contributed by atoms with Gasteiger partial charge in [0, 0.05) is 29.3 Å². The van der Waals surface area contributed by atoms with Crippen molar-refractivity contribution in [3.05, 3.63) is 42.5 Å². The molecule has 4 unspecified atom stereocenters. The van der Waals surface area contributed by atoms with Crippen LogP contribution in [0, 0.1) is 17.3 Å². The van der Waals surface area contributed by atoms with E-state index in [-0.39, 0.29) is 5.41 Å². The predicted octanol–water partition coefficient (Wildman–Crippen LogP) is 4.46. The number of allylic oxidation sites excluding steroid dienone is 4. The third kappa shape index (κ3) is 2.57. The molecule has 0 aromatic carbocycles. The fraction of sp³-hybridized carbons (Fsp3) is 0.667. The van der Waals surface area contributed by atoms with Crippen LogP contribution in [0.25, 0.3) is 0 Å². The van der Waals surface area contributed by atoms with Crippen molar-refractivity contribution in [2.75, 3.05) is 13.1 Å². The van der Waals surface area contributed by atoms with Crippen LogP contribution in [0.1, 0.15) is 63.6 Å². The second kappa shape index (κ2) is 6.51. The highest BCUT2D eigenvalue weighted by Crippen LogP contribution is 2.57. The molecule has 24 heavy (non-hydrogen) atoms. The van der Waals surface area contributed by atoms with E-state index in [1.54, 1.807) is 0 Å². The highest BCUT2D eigenvalue weighted by atomic mass is 15.1. The number of fused-ring (bicyclic) bond motifs is 3. The molecule has 1 saturated heterocycles. The number of aromatic nitrogens is 2. The molecular formula is C21H31N3. The lowest BCUT2D eigenvalue weighted by Gasteiger charge is -2.39. The fourth-order valence-electron chi connectivity index (χ4n) is 5.49. The highest BCUT2D eigenvalue weighted by Gasteiger charge is 2.49. The van der Waals surface area contributed by atoms with Crippen LogP contribution in [0.3, 0.4) is 0 Å². The van der Waals surface area contributed by atoms with Gasteiger partial charge in [0.05, 0.1) is 6.33 Å². The van der Waals surface area contributed by atoms with E-state index >= 15 is 0 Å². The molecule has 0 saturated carbocycles. The quantitative estimate of drug-likeness (QED) is 0.866. The Balaban J connectivity index is 1.61. The standard InChI is InChI=1S/C21H31N3/c1-3-6-17(16-8-11-22-12-9-16)13-20-21(2)10-5-4-7-18(21)19-14-23-15-24(19)20/h4-5,7,10,14-18,20,22H,3,6,8-9,11-13H2,1-2H3. The molecule has 2 aliphatic heterocycles. The Hall–Kier alpha value is -1.35. The van der Waals surface area contributed by atoms with Gasteiger partial charge < -0.3 is 9.88 Å². The van der Waals surface area contributed by atoms with Gasteiger partial charge in [-0.2, -0.15) is 0 Å². The first-order valence-corrected chi connectivity index (χ1v) is 9.82. The zero-order chi connectivity index (χ0) is 16.6. The van der Waals surface area contributed by atoms with Gasteiger partial charge in [-0.15, -0.1) is 0 Å². The van der Waals surface area contributed by atoms with Crippen molar-refractivity contribution in [2.24, 2.45) is 17.3 Å². The van der Waals surface area contributed by atoms with E-state index in [4.69, 9.17) is 0 Å². The smallest absolute Gasteiger partial charge is 0.0951 e. The fourth-order valence-corrected chi connectivity index (χ4v) is 5.49. The van der Waals surface area contributed by atoms with Gasteiger partial charge in [-0.05, 0) is 44.2 Å². The molecule has 0 amide bonds. The van der Waals surface area contributed by atoms with Crippen LogP contribution in [-0.4, -0.2) is 22.6 Å². The second-order valence-corrected chi connectivity index (χ2v) is 8.20. The first kappa shape index (κ1) is 16.1. The molecular weight excluding hydrogens is 294 g/mol. The zero-order valence-corrected chi connectivity index (χ0v) is 15.1. The number of nitrogens with one attached hydrogen (secondary N) is 1. The first-order chi connectivity index (χ1) is 11.7. The largest absolute Gasteiger partial charge is 0.330 e. The molecule has 1 fully saturated rings. The molecule has 3 heterocycles. The van der Waals surface area contributed by atoms with Gasteiger partial charge in [0.2, 0.25) is 0 Å². The summed E-state index contributed by atoms with van der Waals surface area (Å²) in [7, 11) is 0. The maximum atomic E-state index is 4.48. The number of hydrogen-bond acceptors (Lipinski definition) is 2. The van der Waals surface area contributed by atoms with Crippen LogP contribution < -0.4 is 5.32 Å². The van der Waals surface area contributed by atoms with Crippen molar-refractivity contribution in [1.82, 2.24) is 14.9 Å². The van der Waals surface area contributed by atoms with E-state index in [0.29, 0.717) is 12.0 Å². The summed E-state index contributed by atoms with van der Waals surface area (Å²) < 4.78 is 2.49. The molecule has 3 aliphatic rings. The molecule has 1 aromatic heterocycles. The lowest BCUT2D eigenvalue weighted by molar-refractivity contribution is 0.166. The second-order valence-electron chi connectivity index (χ2n) is 8.20. The van der Waals surface area contributed by atoms with Crippen molar-refractivity contribution in [2.45, 2.75) is 57.9 Å². The lowest BCUT2D eigenvalue weighted by atomic mass is 9.67. The monoisotopic (exact) mass is 325 g/mol. The topological polar surface area (TPSA) is 29.9 Å². The Morgan fingerprint density at radius 1 is 1.33 bits per heavy atom. The maximum absolute atomic E-state index is 4.48. The van der Waals surface area contributed by atoms with Crippen molar-refractivity contribution in [3.8, 4) is 0 Å². The number of hydrogen-bond donors (Lipinski definition) is 1. The van der Waals surface area contributed by atoms with Crippen molar-refractivity contribution < 1.29 is 0 Å². The summed E-state index contributed by atoms with van der Waals surface area (Å²) >= 11 is 0. The van der Waals surface area contributed by atoms with E-state index in [1.807, 2.05) is 0 Å². The number of rotatable bonds is 5. The summed E-state index contributed by atoms with van der Waals surface area (Å²) in [5, 5.41) is 3.53. The Labute approximate surface area is 146 Å². The molecule has 1 aliphatic carbocycles. The van der Waals surface area contributed by atoms with Crippen molar-refractivity contribution >= 4 is 0 Å². The van der Waals surface area contributed by atoms with Gasteiger partial charge in [0.1, 0.15) is 0 Å². The van der Waals surface area contributed by atoms with Gasteiger partial charge in [-0.3, -0.25) is 0 Å². The van der Waals surface area contributed by atoms with E-state index < -0.39 is 0 Å². The Bertz CT molecular complexity index is 623. The third-order valence-electron chi connectivity index (χ3n) is 6.84. The number of piperidine rings is 1. The van der Waals surface area contributed by atoms with Crippen LogP contribution >= 0.6 is 0 Å². The van der Waals surface area contributed by atoms with Gasteiger partial charge in [0.25, 0.3) is 0 Å². The Morgan fingerprint density at radius 3 is 2.96 bits per heavy atom. The van der Waals surface area contributed by atoms with E-state index in [1.165, 1.54) is 50.9 Å². The van der Waals surface area contributed by atoms with Crippen molar-refractivity contribution in [1.29, 1.82) is 0 Å². The van der Waals surface area contributed by atoms with E-state index in [9.17, 15) is 0 Å². The zero-order valence-electron chi connectivity index (χ0n) is 15.1. The van der Waals surface area contributed by atoms with Crippen LogP contribution in [-0.2, 0) is 0 Å². The first-order valence-electron chi connectivity index (χ1n) is 9.82. The minimum atomic E-state index is 0.214. The molecule has 0 bridgehead atoms. The summed E-state index contributed by atoms with van der Waals surface area (Å²) in [6, 6.07) is 0.549.